The summed E-state index contributed by atoms with van der Waals surface area (Å²) in [4.78, 5) is 12.7. The van der Waals surface area contributed by atoms with Crippen LogP contribution in [0.3, 0.4) is 0 Å². The van der Waals surface area contributed by atoms with Gasteiger partial charge in [-0.05, 0) is 6.92 Å². The van der Waals surface area contributed by atoms with E-state index in [1.807, 2.05) is 31.2 Å². The van der Waals surface area contributed by atoms with Gasteiger partial charge in [0, 0.05) is 17.9 Å². The quantitative estimate of drug-likeness (QED) is 0.581. The molecule has 1 unspecified atom stereocenters. The highest BCUT2D eigenvalue weighted by atomic mass is 32.2. The monoisotopic (exact) mass is 222 g/mol. The van der Waals surface area contributed by atoms with Crippen molar-refractivity contribution in [2.45, 2.75) is 6.92 Å². The Kier molecular flexibility index (Phi) is 3.00. The Labute approximate surface area is 91.7 Å². The number of hydrogen-bond donors (Lipinski definition) is 2. The summed E-state index contributed by atoms with van der Waals surface area (Å²) in [6, 6.07) is 7.58. The number of nitrogens with one attached hydrogen (secondary N) is 1. The lowest BCUT2D eigenvalue weighted by Crippen LogP contribution is -2.27. The Morgan fingerprint density at radius 1 is 1.40 bits per heavy atom. The van der Waals surface area contributed by atoms with Crippen LogP contribution in [0, 0.1) is 6.92 Å². The minimum atomic E-state index is -0.391. The van der Waals surface area contributed by atoms with E-state index in [-0.39, 0.29) is 5.78 Å². The van der Waals surface area contributed by atoms with Crippen LogP contribution < -0.4 is 10.5 Å². The molecule has 3 nitrogen and oxygen atoms in total. The average Bonchev–Trinajstić information content (AvgIpc) is 2.65. The van der Waals surface area contributed by atoms with Crippen LogP contribution in [0.15, 0.2) is 24.3 Å². The summed E-state index contributed by atoms with van der Waals surface area (Å²) >= 11 is 0. The molecule has 2 rings (SSSR count). The molecule has 0 amide bonds. The average molecular weight is 222 g/mol. The van der Waals surface area contributed by atoms with Crippen LogP contribution in [-0.2, 0) is 0 Å². The maximum Gasteiger partial charge on any atom is 0.210 e. The van der Waals surface area contributed by atoms with Gasteiger partial charge in [0.1, 0.15) is 4.99 Å². The van der Waals surface area contributed by atoms with Crippen LogP contribution in [0.2, 0.25) is 0 Å². The van der Waals surface area contributed by atoms with Crippen molar-refractivity contribution in [2.24, 2.45) is 5.14 Å². The molecule has 0 radical (unpaired) electrons. The topological polar surface area (TPSA) is 55.1 Å². The maximum atomic E-state index is 12.0. The van der Waals surface area contributed by atoms with Crippen LogP contribution in [0.4, 0.5) is 0 Å². The van der Waals surface area contributed by atoms with Gasteiger partial charge in [-0.15, -0.1) is 10.7 Å². The van der Waals surface area contributed by atoms with Gasteiger partial charge in [0.05, 0.1) is 0 Å². The van der Waals surface area contributed by atoms with Crippen molar-refractivity contribution in [2.75, 3.05) is 12.3 Å². The van der Waals surface area contributed by atoms with E-state index in [2.05, 4.69) is 5.32 Å². The molecular formula is C11H14N2OS. The number of hydrogen-bond acceptors (Lipinski definition) is 3. The molecular weight excluding hydrogens is 208 g/mol. The number of Topliss-reactive ketones (excluding diaryl/α,β-unsaturated/α-hetero) is 1. The molecule has 0 aliphatic carbocycles. The highest BCUT2D eigenvalue weighted by Crippen LogP contribution is 2.13. The number of carbonyl (C=O) groups excluding carboxylic acids is 1. The molecule has 1 aliphatic rings. The molecule has 1 aliphatic heterocycles. The van der Waals surface area contributed by atoms with Crippen molar-refractivity contribution in [1.29, 1.82) is 0 Å². The lowest BCUT2D eigenvalue weighted by molar-refractivity contribution is 0.106. The molecule has 0 spiro atoms. The molecule has 15 heavy (non-hydrogen) atoms. The first-order chi connectivity index (χ1) is 7.18. The summed E-state index contributed by atoms with van der Waals surface area (Å²) in [5.74, 6) is 0.908. The Morgan fingerprint density at radius 2 is 2.07 bits per heavy atom. The second kappa shape index (κ2) is 4.26. The molecule has 3 N–H and O–H groups in total. The number of benzene rings is 1. The van der Waals surface area contributed by atoms with Crippen LogP contribution in [0.5, 0.6) is 0 Å². The summed E-state index contributed by atoms with van der Waals surface area (Å²) in [6.45, 7) is 2.81. The molecule has 0 aromatic heterocycles. The van der Waals surface area contributed by atoms with Gasteiger partial charge >= 0.3 is 0 Å². The first kappa shape index (κ1) is 10.5. The highest BCUT2D eigenvalue weighted by Gasteiger charge is 2.18. The standard InChI is InChI=1S/C11H14N2OS/c1-8-2-4-9(5-3-8)10(14)11-13-6-7-15(11)12/h2-5,13H,6-7,12H2,1H3. The SMILES string of the molecule is Cc1ccc(C(=O)C2=S(N)CCN2)cc1. The summed E-state index contributed by atoms with van der Waals surface area (Å²) in [7, 11) is -0.391. The van der Waals surface area contributed by atoms with Crippen LogP contribution in [0.1, 0.15) is 15.9 Å². The van der Waals surface area contributed by atoms with Crippen molar-refractivity contribution in [3.05, 3.63) is 35.4 Å². The minimum Gasteiger partial charge on any atom is -0.287 e. The van der Waals surface area contributed by atoms with E-state index < -0.39 is 10.7 Å². The van der Waals surface area contributed by atoms with E-state index >= 15 is 0 Å². The zero-order valence-corrected chi connectivity index (χ0v) is 9.43. The van der Waals surface area contributed by atoms with Gasteiger partial charge in [-0.3, -0.25) is 15.3 Å². The van der Waals surface area contributed by atoms with Crippen molar-refractivity contribution >= 4 is 21.4 Å². The third-order valence-electron chi connectivity index (χ3n) is 2.39. The first-order valence-corrected chi connectivity index (χ1v) is 6.31. The second-order valence-corrected chi connectivity index (χ2v) is 5.26. The number of aryl methyl sites for hydroxylation is 1. The normalized spacial score (nSPS) is 20.7. The maximum absolute atomic E-state index is 12.0. The molecule has 4 heteroatoms. The predicted molar refractivity (Wildman–Crippen MR) is 65.2 cm³/mol. The summed E-state index contributed by atoms with van der Waals surface area (Å²) in [5.41, 5.74) is 1.87. The smallest absolute Gasteiger partial charge is 0.210 e. The highest BCUT2D eigenvalue weighted by molar-refractivity contribution is 8.15. The van der Waals surface area contributed by atoms with E-state index in [4.69, 9.17) is 5.14 Å². The first-order valence-electron chi connectivity index (χ1n) is 4.86. The molecule has 1 aromatic carbocycles. The van der Waals surface area contributed by atoms with Crippen LogP contribution in [-0.4, -0.2) is 23.1 Å². The van der Waals surface area contributed by atoms with Gasteiger partial charge in [0.25, 0.3) is 0 Å². The zero-order valence-electron chi connectivity index (χ0n) is 8.62. The minimum absolute atomic E-state index is 0.0401. The number of carbonyl (C=O) groups is 1. The molecule has 80 valence electrons. The fourth-order valence-corrected chi connectivity index (χ4v) is 2.67. The number of rotatable bonds is 2. The fraction of sp³-hybridized carbons (Fsp3) is 0.273. The van der Waals surface area contributed by atoms with Crippen LogP contribution in [0.25, 0.3) is 0 Å². The van der Waals surface area contributed by atoms with Crippen molar-refractivity contribution in [1.82, 2.24) is 5.32 Å². The molecule has 1 heterocycles. The lowest BCUT2D eigenvalue weighted by atomic mass is 10.1. The largest absolute Gasteiger partial charge is 0.287 e. The van der Waals surface area contributed by atoms with Gasteiger partial charge in [0.2, 0.25) is 5.78 Å². The van der Waals surface area contributed by atoms with Gasteiger partial charge in [-0.2, -0.15) is 0 Å². The zero-order chi connectivity index (χ0) is 10.8. The van der Waals surface area contributed by atoms with Crippen molar-refractivity contribution in [3.63, 3.8) is 0 Å². The van der Waals surface area contributed by atoms with E-state index in [1.54, 1.807) is 0 Å². The molecule has 0 fully saturated rings. The third kappa shape index (κ3) is 2.17. The van der Waals surface area contributed by atoms with Gasteiger partial charge in [0.15, 0.2) is 0 Å². The summed E-state index contributed by atoms with van der Waals surface area (Å²) in [6.07, 6.45) is 0. The Bertz CT molecular complexity index is 423. The van der Waals surface area contributed by atoms with Crippen LogP contribution >= 0.6 is 10.7 Å². The third-order valence-corrected chi connectivity index (χ3v) is 3.89. The number of nitrogens with two attached hydrogens (primary N) is 1. The molecule has 1 aromatic rings. The second-order valence-electron chi connectivity index (χ2n) is 3.58. The fourth-order valence-electron chi connectivity index (χ4n) is 1.50. The van der Waals surface area contributed by atoms with Gasteiger partial charge < -0.3 is 0 Å². The Balaban J connectivity index is 2.28. The lowest BCUT2D eigenvalue weighted by Gasteiger charge is -2.04. The molecule has 1 atom stereocenters. The predicted octanol–water partition coefficient (Wildman–Crippen LogP) is 1.05. The molecule has 0 saturated carbocycles. The molecule has 0 saturated heterocycles. The van der Waals surface area contributed by atoms with Crippen molar-refractivity contribution in [3.8, 4) is 0 Å². The molecule has 0 bridgehead atoms. The van der Waals surface area contributed by atoms with E-state index in [9.17, 15) is 4.79 Å². The number of ketones is 1. The summed E-state index contributed by atoms with van der Waals surface area (Å²) in [5, 5.41) is 8.93. The Morgan fingerprint density at radius 3 is 2.60 bits per heavy atom. The van der Waals surface area contributed by atoms with Crippen molar-refractivity contribution < 1.29 is 4.79 Å². The van der Waals surface area contributed by atoms with Gasteiger partial charge in [-0.1, -0.05) is 29.8 Å². The van der Waals surface area contributed by atoms with E-state index in [0.29, 0.717) is 10.6 Å². The van der Waals surface area contributed by atoms with Gasteiger partial charge in [-0.25, -0.2) is 0 Å². The van der Waals surface area contributed by atoms with E-state index in [1.165, 1.54) is 0 Å². The van der Waals surface area contributed by atoms with E-state index in [0.717, 1.165) is 17.9 Å². The summed E-state index contributed by atoms with van der Waals surface area (Å²) < 4.78 is 0. The Hall–Kier alpha value is -0.970.